The number of nitro groups is 1. The van der Waals surface area contributed by atoms with E-state index in [1.165, 1.54) is 12.1 Å². The van der Waals surface area contributed by atoms with Crippen LogP contribution in [0.2, 0.25) is 0 Å². The first-order chi connectivity index (χ1) is 16.0. The maximum Gasteiger partial charge on any atom is 0.270 e. The number of aryl methyl sites for hydroxylation is 1. The molecule has 5 aromatic rings. The lowest BCUT2D eigenvalue weighted by Crippen LogP contribution is -2.03. The Morgan fingerprint density at radius 2 is 1.82 bits per heavy atom. The molecule has 8 nitrogen and oxygen atoms in total. The Bertz CT molecular complexity index is 1500. The molecule has 162 valence electrons. The Hall–Kier alpha value is -4.72. The van der Waals surface area contributed by atoms with Crippen molar-refractivity contribution < 1.29 is 10.0 Å². The third-order valence-corrected chi connectivity index (χ3v) is 5.47. The van der Waals surface area contributed by atoms with E-state index < -0.39 is 4.92 Å². The van der Waals surface area contributed by atoms with Crippen molar-refractivity contribution in [2.45, 2.75) is 6.92 Å². The molecular formula is C25H19N5O3. The highest BCUT2D eigenvalue weighted by atomic mass is 16.6. The van der Waals surface area contributed by atoms with Crippen molar-refractivity contribution in [1.29, 1.82) is 0 Å². The lowest BCUT2D eigenvalue weighted by Gasteiger charge is -2.08. The van der Waals surface area contributed by atoms with Gasteiger partial charge in [-0.25, -0.2) is 9.98 Å². The van der Waals surface area contributed by atoms with Gasteiger partial charge in [-0.1, -0.05) is 42.5 Å². The third kappa shape index (κ3) is 3.74. The Morgan fingerprint density at radius 3 is 2.48 bits per heavy atom. The van der Waals surface area contributed by atoms with E-state index in [-0.39, 0.29) is 11.6 Å². The van der Waals surface area contributed by atoms with Crippen molar-refractivity contribution in [3.8, 4) is 17.1 Å². The van der Waals surface area contributed by atoms with Crippen LogP contribution < -0.4 is 0 Å². The number of hydrogen-bond acceptors (Lipinski definition) is 5. The highest BCUT2D eigenvalue weighted by Gasteiger charge is 2.21. The average Bonchev–Trinajstić information content (AvgIpc) is 3.40. The minimum Gasteiger partial charge on any atom is -0.494 e. The first-order valence-corrected chi connectivity index (χ1v) is 10.3. The van der Waals surface area contributed by atoms with Gasteiger partial charge in [0.1, 0.15) is 0 Å². The molecule has 0 spiro atoms. The second-order valence-electron chi connectivity index (χ2n) is 7.59. The minimum absolute atomic E-state index is 0.0612. The van der Waals surface area contributed by atoms with Crippen LogP contribution in [0.25, 0.3) is 22.2 Å². The summed E-state index contributed by atoms with van der Waals surface area (Å²) >= 11 is 0. The predicted octanol–water partition coefficient (Wildman–Crippen LogP) is 5.65. The van der Waals surface area contributed by atoms with Gasteiger partial charge in [0.15, 0.2) is 5.88 Å². The molecule has 33 heavy (non-hydrogen) atoms. The summed E-state index contributed by atoms with van der Waals surface area (Å²) in [7, 11) is 0. The number of non-ortho nitro benzene ring substituents is 1. The molecule has 3 N–H and O–H groups in total. The van der Waals surface area contributed by atoms with E-state index >= 15 is 0 Å². The number of nitrogens with one attached hydrogen (secondary N) is 2. The van der Waals surface area contributed by atoms with Crippen LogP contribution in [0.4, 0.5) is 11.4 Å². The molecule has 0 saturated heterocycles. The fraction of sp³-hybridized carbons (Fsp3) is 0.0400. The van der Waals surface area contributed by atoms with Crippen LogP contribution in [-0.2, 0) is 0 Å². The normalized spacial score (nSPS) is 11.7. The zero-order chi connectivity index (χ0) is 22.9. The first-order valence-electron chi connectivity index (χ1n) is 10.3. The Labute approximate surface area is 188 Å². The zero-order valence-electron chi connectivity index (χ0n) is 17.6. The molecule has 0 bridgehead atoms. The summed E-state index contributed by atoms with van der Waals surface area (Å²) in [6, 6.07) is 21.5. The Balaban J connectivity index is 1.68. The molecule has 8 heteroatoms. The van der Waals surface area contributed by atoms with Crippen LogP contribution in [0.3, 0.4) is 0 Å². The monoisotopic (exact) mass is 437 g/mol. The zero-order valence-corrected chi connectivity index (χ0v) is 17.6. The molecule has 0 atom stereocenters. The number of benzene rings is 3. The highest BCUT2D eigenvalue weighted by molar-refractivity contribution is 6.22. The smallest absolute Gasteiger partial charge is 0.270 e. The molecule has 5 rings (SSSR count). The molecule has 0 saturated carbocycles. The van der Waals surface area contributed by atoms with Gasteiger partial charge in [-0.05, 0) is 25.1 Å². The predicted molar refractivity (Wildman–Crippen MR) is 127 cm³/mol. The van der Waals surface area contributed by atoms with E-state index in [1.54, 1.807) is 12.4 Å². The van der Waals surface area contributed by atoms with Gasteiger partial charge in [-0.2, -0.15) is 0 Å². The lowest BCUT2D eigenvalue weighted by molar-refractivity contribution is -0.384. The van der Waals surface area contributed by atoms with Crippen LogP contribution in [0.15, 0.2) is 84.1 Å². The Kier molecular flexibility index (Phi) is 4.95. The topological polar surface area (TPSA) is 120 Å². The largest absolute Gasteiger partial charge is 0.494 e. The number of rotatable bonds is 5. The maximum atomic E-state index is 11.3. The standard InChI is InChI=1S/C25H19N5O3/c1-15-23(27-14-26-15)17-7-9-18(10-8-17)28-24(16-5-3-2-4-6-16)22-20-13-19(30(32)33)11-12-21(20)29-25(22)31/h2-14,29,31H,1H3,(H,26,27). The van der Waals surface area contributed by atoms with E-state index in [0.717, 1.165) is 22.5 Å². The molecule has 0 aliphatic heterocycles. The molecule has 0 unspecified atom stereocenters. The van der Waals surface area contributed by atoms with Crippen molar-refractivity contribution in [3.05, 3.63) is 106 Å². The number of hydrogen-bond donors (Lipinski definition) is 3. The molecule has 3 aromatic carbocycles. The van der Waals surface area contributed by atoms with E-state index in [9.17, 15) is 15.2 Å². The Morgan fingerprint density at radius 1 is 1.06 bits per heavy atom. The van der Waals surface area contributed by atoms with Crippen molar-refractivity contribution in [1.82, 2.24) is 15.0 Å². The third-order valence-electron chi connectivity index (χ3n) is 5.47. The number of aromatic hydroxyl groups is 1. The van der Waals surface area contributed by atoms with Crippen LogP contribution in [0, 0.1) is 17.0 Å². The summed E-state index contributed by atoms with van der Waals surface area (Å²) in [4.78, 5) is 26.1. The fourth-order valence-corrected chi connectivity index (χ4v) is 3.85. The van der Waals surface area contributed by atoms with Gasteiger partial charge in [0.2, 0.25) is 0 Å². The lowest BCUT2D eigenvalue weighted by atomic mass is 10.0. The number of aromatic amines is 2. The average molecular weight is 437 g/mol. The molecular weight excluding hydrogens is 418 g/mol. The number of H-pyrrole nitrogens is 2. The van der Waals surface area contributed by atoms with Crippen LogP contribution in [0.5, 0.6) is 5.88 Å². The van der Waals surface area contributed by atoms with Crippen LogP contribution in [-0.4, -0.2) is 30.7 Å². The number of aliphatic imine (C=N–C) groups is 1. The van der Waals surface area contributed by atoms with Gasteiger partial charge in [0.05, 0.1) is 33.9 Å². The molecule has 2 aromatic heterocycles. The minimum atomic E-state index is -0.456. The summed E-state index contributed by atoms with van der Waals surface area (Å²) in [6.45, 7) is 1.96. The number of aromatic nitrogens is 3. The van der Waals surface area contributed by atoms with Crippen molar-refractivity contribution in [3.63, 3.8) is 0 Å². The van der Waals surface area contributed by atoms with Crippen LogP contribution >= 0.6 is 0 Å². The highest BCUT2D eigenvalue weighted by Crippen LogP contribution is 2.34. The summed E-state index contributed by atoms with van der Waals surface area (Å²) in [5, 5.41) is 22.6. The summed E-state index contributed by atoms with van der Waals surface area (Å²) in [5.41, 5.74) is 5.68. The van der Waals surface area contributed by atoms with Gasteiger partial charge >= 0.3 is 0 Å². The van der Waals surface area contributed by atoms with E-state index in [2.05, 4.69) is 15.0 Å². The second kappa shape index (κ2) is 8.08. The van der Waals surface area contributed by atoms with Gasteiger partial charge in [-0.3, -0.25) is 10.1 Å². The van der Waals surface area contributed by atoms with Crippen molar-refractivity contribution >= 4 is 28.0 Å². The van der Waals surface area contributed by atoms with E-state index in [4.69, 9.17) is 4.99 Å². The van der Waals surface area contributed by atoms with Crippen molar-refractivity contribution in [2.24, 2.45) is 4.99 Å². The van der Waals surface area contributed by atoms with Gasteiger partial charge in [-0.15, -0.1) is 0 Å². The SMILES string of the molecule is Cc1[nH]cnc1-c1ccc(N=C(c2ccccc2)c2c(O)[nH]c3ccc([N+](=O)[O-])cc23)cc1. The van der Waals surface area contributed by atoms with Crippen LogP contribution in [0.1, 0.15) is 16.8 Å². The quantitative estimate of drug-likeness (QED) is 0.187. The number of nitro benzene ring substituents is 1. The molecule has 0 aliphatic rings. The number of nitrogens with zero attached hydrogens (tertiary/aromatic N) is 3. The molecule has 0 aliphatic carbocycles. The van der Waals surface area contributed by atoms with Crippen molar-refractivity contribution in [2.75, 3.05) is 0 Å². The van der Waals surface area contributed by atoms with Gasteiger partial charge < -0.3 is 15.1 Å². The maximum absolute atomic E-state index is 11.3. The summed E-state index contributed by atoms with van der Waals surface area (Å²) in [6.07, 6.45) is 1.66. The summed E-state index contributed by atoms with van der Waals surface area (Å²) in [5.74, 6) is -0.100. The van der Waals surface area contributed by atoms with Gasteiger partial charge in [0, 0.05) is 39.9 Å². The molecule has 2 heterocycles. The molecule has 0 fully saturated rings. The van der Waals surface area contributed by atoms with E-state index in [1.807, 2.05) is 61.5 Å². The fourth-order valence-electron chi connectivity index (χ4n) is 3.85. The van der Waals surface area contributed by atoms with Gasteiger partial charge in [0.25, 0.3) is 5.69 Å². The first kappa shape index (κ1) is 20.2. The molecule has 0 amide bonds. The second-order valence-corrected chi connectivity index (χ2v) is 7.59. The number of fused-ring (bicyclic) bond motifs is 1. The number of imidazole rings is 1. The molecule has 0 radical (unpaired) electrons. The summed E-state index contributed by atoms with van der Waals surface area (Å²) < 4.78 is 0. The van der Waals surface area contributed by atoms with E-state index in [0.29, 0.717) is 27.9 Å².